The van der Waals surface area contributed by atoms with E-state index in [0.717, 1.165) is 11.3 Å². The SMILES string of the molecule is CCOc1ccc(/C=C(/NC(=O)c2ccccc2)C(=O)NC(C)C)cc1. The zero-order valence-corrected chi connectivity index (χ0v) is 15.3. The van der Waals surface area contributed by atoms with E-state index < -0.39 is 0 Å². The standard InChI is InChI=1S/C21H24N2O3/c1-4-26-18-12-10-16(11-13-18)14-19(21(25)22-15(2)3)23-20(24)17-8-6-5-7-9-17/h5-15H,4H2,1-3H3,(H,22,25)(H,23,24)/b19-14+. The Morgan fingerprint density at radius 2 is 1.69 bits per heavy atom. The molecule has 0 unspecified atom stereocenters. The fraction of sp³-hybridized carbons (Fsp3) is 0.238. The number of nitrogens with one attached hydrogen (secondary N) is 2. The van der Waals surface area contributed by atoms with Gasteiger partial charge in [-0.3, -0.25) is 9.59 Å². The lowest BCUT2D eigenvalue weighted by Crippen LogP contribution is -2.38. The molecule has 0 fully saturated rings. The average Bonchev–Trinajstić information content (AvgIpc) is 2.63. The van der Waals surface area contributed by atoms with Crippen LogP contribution in [0.25, 0.3) is 6.08 Å². The number of benzene rings is 2. The lowest BCUT2D eigenvalue weighted by atomic mass is 10.1. The molecule has 0 aliphatic heterocycles. The highest BCUT2D eigenvalue weighted by atomic mass is 16.5. The number of hydrogen-bond donors (Lipinski definition) is 2. The Bertz CT molecular complexity index is 766. The lowest BCUT2D eigenvalue weighted by molar-refractivity contribution is -0.118. The Labute approximate surface area is 154 Å². The van der Waals surface area contributed by atoms with Gasteiger partial charge in [0.05, 0.1) is 6.61 Å². The van der Waals surface area contributed by atoms with Gasteiger partial charge in [0, 0.05) is 11.6 Å². The van der Waals surface area contributed by atoms with E-state index in [1.165, 1.54) is 0 Å². The van der Waals surface area contributed by atoms with Gasteiger partial charge in [0.2, 0.25) is 0 Å². The third-order valence-corrected chi connectivity index (χ3v) is 3.45. The first-order valence-corrected chi connectivity index (χ1v) is 8.61. The first-order chi connectivity index (χ1) is 12.5. The third kappa shape index (κ3) is 5.77. The van der Waals surface area contributed by atoms with Crippen molar-refractivity contribution in [3.05, 3.63) is 71.4 Å². The van der Waals surface area contributed by atoms with Crippen LogP contribution < -0.4 is 15.4 Å². The van der Waals surface area contributed by atoms with E-state index >= 15 is 0 Å². The summed E-state index contributed by atoms with van der Waals surface area (Å²) in [5.41, 5.74) is 1.47. The Morgan fingerprint density at radius 3 is 2.27 bits per heavy atom. The van der Waals surface area contributed by atoms with Crippen LogP contribution in [0.15, 0.2) is 60.3 Å². The summed E-state index contributed by atoms with van der Waals surface area (Å²) >= 11 is 0. The minimum Gasteiger partial charge on any atom is -0.494 e. The van der Waals surface area contributed by atoms with E-state index in [-0.39, 0.29) is 23.6 Å². The molecule has 0 saturated heterocycles. The van der Waals surface area contributed by atoms with Crippen molar-refractivity contribution in [3.8, 4) is 5.75 Å². The fourth-order valence-corrected chi connectivity index (χ4v) is 2.28. The van der Waals surface area contributed by atoms with Crippen molar-refractivity contribution in [2.24, 2.45) is 0 Å². The predicted octanol–water partition coefficient (Wildman–Crippen LogP) is 3.38. The molecule has 5 heteroatoms. The number of hydrogen-bond acceptors (Lipinski definition) is 3. The second-order valence-corrected chi connectivity index (χ2v) is 6.01. The van der Waals surface area contributed by atoms with Gasteiger partial charge < -0.3 is 15.4 Å². The minimum atomic E-state index is -0.335. The molecule has 0 spiro atoms. The van der Waals surface area contributed by atoms with E-state index in [1.54, 1.807) is 30.3 Å². The maximum absolute atomic E-state index is 12.5. The van der Waals surface area contributed by atoms with Gasteiger partial charge in [-0.2, -0.15) is 0 Å². The van der Waals surface area contributed by atoms with Crippen LogP contribution >= 0.6 is 0 Å². The highest BCUT2D eigenvalue weighted by Gasteiger charge is 2.15. The summed E-state index contributed by atoms with van der Waals surface area (Å²) in [7, 11) is 0. The van der Waals surface area contributed by atoms with Gasteiger partial charge in [0.1, 0.15) is 11.4 Å². The van der Waals surface area contributed by atoms with E-state index in [4.69, 9.17) is 4.74 Å². The molecule has 26 heavy (non-hydrogen) atoms. The van der Waals surface area contributed by atoms with Gasteiger partial charge in [-0.05, 0) is 56.7 Å². The molecule has 2 amide bonds. The average molecular weight is 352 g/mol. The van der Waals surface area contributed by atoms with Crippen molar-refractivity contribution in [2.45, 2.75) is 26.8 Å². The Morgan fingerprint density at radius 1 is 1.04 bits per heavy atom. The summed E-state index contributed by atoms with van der Waals surface area (Å²) in [4.78, 5) is 24.9. The van der Waals surface area contributed by atoms with Crippen LogP contribution in [0.5, 0.6) is 5.75 Å². The second kappa shape index (κ2) is 9.42. The van der Waals surface area contributed by atoms with Gasteiger partial charge in [0.15, 0.2) is 0 Å². The zero-order chi connectivity index (χ0) is 18.9. The number of rotatable bonds is 7. The summed E-state index contributed by atoms with van der Waals surface area (Å²) < 4.78 is 5.42. The molecule has 2 aromatic carbocycles. The summed E-state index contributed by atoms with van der Waals surface area (Å²) in [6, 6.07) is 16.1. The third-order valence-electron chi connectivity index (χ3n) is 3.45. The normalized spacial score (nSPS) is 11.2. The molecule has 0 radical (unpaired) electrons. The quantitative estimate of drug-likeness (QED) is 0.751. The molecule has 2 N–H and O–H groups in total. The van der Waals surface area contributed by atoms with Crippen molar-refractivity contribution < 1.29 is 14.3 Å². The van der Waals surface area contributed by atoms with E-state index in [2.05, 4.69) is 10.6 Å². The Balaban J connectivity index is 2.25. The van der Waals surface area contributed by atoms with Crippen molar-refractivity contribution >= 4 is 17.9 Å². The van der Waals surface area contributed by atoms with Gasteiger partial charge in [0.25, 0.3) is 11.8 Å². The molecule has 0 saturated carbocycles. The highest BCUT2D eigenvalue weighted by Crippen LogP contribution is 2.14. The van der Waals surface area contributed by atoms with Crippen LogP contribution in [-0.4, -0.2) is 24.5 Å². The summed E-state index contributed by atoms with van der Waals surface area (Å²) in [5, 5.41) is 5.51. The monoisotopic (exact) mass is 352 g/mol. The van der Waals surface area contributed by atoms with E-state index in [0.29, 0.717) is 12.2 Å². The lowest BCUT2D eigenvalue weighted by Gasteiger charge is -2.13. The molecule has 0 aromatic heterocycles. The maximum Gasteiger partial charge on any atom is 0.268 e. The van der Waals surface area contributed by atoms with Crippen LogP contribution in [-0.2, 0) is 4.79 Å². The highest BCUT2D eigenvalue weighted by molar-refractivity contribution is 6.05. The molecule has 136 valence electrons. The van der Waals surface area contributed by atoms with Crippen molar-refractivity contribution in [3.63, 3.8) is 0 Å². The van der Waals surface area contributed by atoms with Crippen molar-refractivity contribution in [2.75, 3.05) is 6.61 Å². The maximum atomic E-state index is 12.5. The molecule has 0 aliphatic rings. The molecule has 2 rings (SSSR count). The predicted molar refractivity (Wildman–Crippen MR) is 103 cm³/mol. The Kier molecular flexibility index (Phi) is 6.97. The number of amides is 2. The molecule has 0 aliphatic carbocycles. The second-order valence-electron chi connectivity index (χ2n) is 6.01. The number of carbonyl (C=O) groups is 2. The first kappa shape index (κ1) is 19.2. The van der Waals surface area contributed by atoms with Crippen LogP contribution in [0.3, 0.4) is 0 Å². The van der Waals surface area contributed by atoms with E-state index in [9.17, 15) is 9.59 Å². The van der Waals surface area contributed by atoms with E-state index in [1.807, 2.05) is 51.1 Å². The van der Waals surface area contributed by atoms with Gasteiger partial charge in [-0.15, -0.1) is 0 Å². The molecule has 0 bridgehead atoms. The van der Waals surface area contributed by atoms with Crippen LogP contribution in [0.4, 0.5) is 0 Å². The molecule has 5 nitrogen and oxygen atoms in total. The molecule has 0 atom stereocenters. The fourth-order valence-electron chi connectivity index (χ4n) is 2.28. The molecular weight excluding hydrogens is 328 g/mol. The number of ether oxygens (including phenoxy) is 1. The van der Waals surface area contributed by atoms with Crippen LogP contribution in [0, 0.1) is 0 Å². The summed E-state index contributed by atoms with van der Waals surface area (Å²) in [6.45, 7) is 6.24. The summed E-state index contributed by atoms with van der Waals surface area (Å²) in [5.74, 6) is 0.0889. The topological polar surface area (TPSA) is 67.4 Å². The first-order valence-electron chi connectivity index (χ1n) is 8.61. The minimum absolute atomic E-state index is 0.0418. The van der Waals surface area contributed by atoms with Gasteiger partial charge in [-0.25, -0.2) is 0 Å². The molecule has 2 aromatic rings. The van der Waals surface area contributed by atoms with Gasteiger partial charge in [-0.1, -0.05) is 30.3 Å². The smallest absolute Gasteiger partial charge is 0.268 e. The Hall–Kier alpha value is -3.08. The largest absolute Gasteiger partial charge is 0.494 e. The molecular formula is C21H24N2O3. The van der Waals surface area contributed by atoms with Crippen LogP contribution in [0.1, 0.15) is 36.7 Å². The van der Waals surface area contributed by atoms with Crippen LogP contribution in [0.2, 0.25) is 0 Å². The van der Waals surface area contributed by atoms with Crippen molar-refractivity contribution in [1.29, 1.82) is 0 Å². The summed E-state index contributed by atoms with van der Waals surface area (Å²) in [6.07, 6.45) is 1.65. The molecule has 0 heterocycles. The zero-order valence-electron chi connectivity index (χ0n) is 15.3. The number of carbonyl (C=O) groups excluding carboxylic acids is 2. The van der Waals surface area contributed by atoms with Crippen molar-refractivity contribution in [1.82, 2.24) is 10.6 Å². The van der Waals surface area contributed by atoms with Gasteiger partial charge >= 0.3 is 0 Å².